The number of aryl methyl sites for hydroxylation is 1. The number of ether oxygens (including phenoxy) is 2. The summed E-state index contributed by atoms with van der Waals surface area (Å²) in [5.41, 5.74) is 9.54. The van der Waals surface area contributed by atoms with Crippen molar-refractivity contribution in [2.45, 2.75) is 43.6 Å². The highest BCUT2D eigenvalue weighted by atomic mass is 32.2. The van der Waals surface area contributed by atoms with Gasteiger partial charge in [-0.25, -0.2) is 31.3 Å². The molecule has 1 fully saturated rings. The number of carbonyl (C=O) groups is 1. The number of nitrogen functional groups attached to an aromatic ring is 1. The van der Waals surface area contributed by atoms with Crippen LogP contribution in [0.1, 0.15) is 45.5 Å². The van der Waals surface area contributed by atoms with E-state index in [0.29, 0.717) is 40.8 Å². The number of anilines is 1. The van der Waals surface area contributed by atoms with E-state index in [0.717, 1.165) is 0 Å². The molecule has 0 bridgehead atoms. The van der Waals surface area contributed by atoms with E-state index in [4.69, 9.17) is 15.2 Å². The van der Waals surface area contributed by atoms with Gasteiger partial charge in [0.25, 0.3) is 6.43 Å². The number of rotatable bonds is 11. The number of aromatic nitrogens is 3. The molecule has 0 saturated heterocycles. The lowest BCUT2D eigenvalue weighted by atomic mass is 10.0. The Bertz CT molecular complexity index is 1920. The summed E-state index contributed by atoms with van der Waals surface area (Å²) in [6, 6.07) is 10.6. The van der Waals surface area contributed by atoms with Gasteiger partial charge >= 0.3 is 0 Å². The number of nitrogens with two attached hydrogens (primary N) is 1. The number of Topliss-reactive ketones (excluding diaryl/α,β-unsaturated/α-hetero) is 1. The zero-order valence-corrected chi connectivity index (χ0v) is 24.3. The molecule has 6 rings (SSSR count). The second kappa shape index (κ2) is 11.5. The van der Waals surface area contributed by atoms with Gasteiger partial charge in [-0.2, -0.15) is 5.10 Å². The highest BCUT2D eigenvalue weighted by Gasteiger charge is 2.36. The van der Waals surface area contributed by atoms with Gasteiger partial charge in [0.05, 0.1) is 34.6 Å². The number of pyridine rings is 1. The maximum absolute atomic E-state index is 14.0. The van der Waals surface area contributed by atoms with E-state index in [9.17, 15) is 26.4 Å². The van der Waals surface area contributed by atoms with Crippen molar-refractivity contribution in [2.24, 2.45) is 0 Å². The van der Waals surface area contributed by atoms with Gasteiger partial charge in [0.2, 0.25) is 5.88 Å². The average Bonchev–Trinajstić information content (AvgIpc) is 3.67. The van der Waals surface area contributed by atoms with E-state index in [1.165, 1.54) is 35.3 Å². The Kier molecular flexibility index (Phi) is 7.66. The molecular formula is C31H27F3N4O5S. The average molecular weight is 625 g/mol. The fourth-order valence-corrected chi connectivity index (χ4v) is 6.82. The second-order valence-electron chi connectivity index (χ2n) is 10.7. The lowest BCUT2D eigenvalue weighted by Gasteiger charge is -2.14. The standard InChI is InChI=1S/C31H27F3N4O5S/c1-17-8-29(43-26-5-3-2-4-24(26)32)36-14-25(17)38-31(35)23(13-37-38)30(39)20-9-18-11-21(16-44(40,41)22-6-7-22)27(12-19(18)10-20)42-15-28(33)34/h2-5,8,10-14,22,28H,6-7,9,15-16,35H2,1H3. The number of fused-ring (bicyclic) bond motifs is 1. The number of hydrogen-bond acceptors (Lipinski definition) is 8. The number of allylic oxidation sites excluding steroid dienone is 1. The molecule has 1 saturated carbocycles. The summed E-state index contributed by atoms with van der Waals surface area (Å²) in [7, 11) is -3.45. The normalized spacial score (nSPS) is 14.4. The van der Waals surface area contributed by atoms with Crippen LogP contribution in [0.25, 0.3) is 11.8 Å². The van der Waals surface area contributed by atoms with Crippen LogP contribution in [-0.2, 0) is 22.0 Å². The van der Waals surface area contributed by atoms with E-state index < -0.39 is 39.7 Å². The second-order valence-corrected chi connectivity index (χ2v) is 13.0. The molecule has 13 heteroatoms. The summed E-state index contributed by atoms with van der Waals surface area (Å²) in [6.45, 7) is 0.879. The van der Waals surface area contributed by atoms with Crippen molar-refractivity contribution in [2.75, 3.05) is 12.3 Å². The SMILES string of the molecule is Cc1cc(Oc2ccccc2F)ncc1-n1ncc(C(=O)C2=Cc3cc(OCC(F)F)c(CS(=O)(=O)C4CC4)cc3C2)c1N. The molecule has 2 aliphatic rings. The largest absolute Gasteiger partial charge is 0.487 e. The number of hydrogen-bond donors (Lipinski definition) is 1. The van der Waals surface area contributed by atoms with Gasteiger partial charge in [0.1, 0.15) is 18.2 Å². The molecule has 0 amide bonds. The predicted octanol–water partition coefficient (Wildman–Crippen LogP) is 5.63. The maximum atomic E-state index is 14.0. The van der Waals surface area contributed by atoms with Gasteiger partial charge in [-0.1, -0.05) is 18.2 Å². The van der Waals surface area contributed by atoms with E-state index in [1.54, 1.807) is 37.3 Å². The van der Waals surface area contributed by atoms with Crippen LogP contribution < -0.4 is 15.2 Å². The van der Waals surface area contributed by atoms with Crippen LogP contribution in [0.3, 0.4) is 0 Å². The Hall–Kier alpha value is -4.65. The van der Waals surface area contributed by atoms with E-state index in [2.05, 4.69) is 10.1 Å². The summed E-state index contributed by atoms with van der Waals surface area (Å²) >= 11 is 0. The molecule has 4 aromatic rings. The molecule has 2 heterocycles. The summed E-state index contributed by atoms with van der Waals surface area (Å²) in [4.78, 5) is 17.8. The lowest BCUT2D eigenvalue weighted by molar-refractivity contribution is 0.0815. The first kappa shape index (κ1) is 29.4. The van der Waals surface area contributed by atoms with Crippen LogP contribution in [-0.4, -0.2) is 47.2 Å². The van der Waals surface area contributed by atoms with Crippen LogP contribution >= 0.6 is 0 Å². The Balaban J connectivity index is 1.23. The monoisotopic (exact) mass is 624 g/mol. The minimum atomic E-state index is -3.45. The summed E-state index contributed by atoms with van der Waals surface area (Å²) in [5, 5.41) is 3.87. The molecule has 0 radical (unpaired) electrons. The molecule has 0 atom stereocenters. The molecule has 0 spiro atoms. The van der Waals surface area contributed by atoms with Gasteiger partial charge in [-0.05, 0) is 60.7 Å². The first-order chi connectivity index (χ1) is 21.0. The highest BCUT2D eigenvalue weighted by Crippen LogP contribution is 2.37. The quantitative estimate of drug-likeness (QED) is 0.213. The van der Waals surface area contributed by atoms with Gasteiger partial charge in [-0.3, -0.25) is 4.79 Å². The third kappa shape index (κ3) is 5.91. The van der Waals surface area contributed by atoms with Crippen LogP contribution in [0.4, 0.5) is 19.0 Å². The molecule has 2 N–H and O–H groups in total. The van der Waals surface area contributed by atoms with Crippen molar-refractivity contribution in [3.05, 3.63) is 94.1 Å². The number of ketones is 1. The van der Waals surface area contributed by atoms with E-state index >= 15 is 0 Å². The van der Waals surface area contributed by atoms with Crippen LogP contribution in [0, 0.1) is 12.7 Å². The number of halogens is 3. The first-order valence-corrected chi connectivity index (χ1v) is 15.5. The van der Waals surface area contributed by atoms with E-state index in [1.807, 2.05) is 0 Å². The molecule has 2 aromatic carbocycles. The van der Waals surface area contributed by atoms with Crippen molar-refractivity contribution >= 4 is 27.5 Å². The third-order valence-electron chi connectivity index (χ3n) is 7.47. The van der Waals surface area contributed by atoms with Crippen molar-refractivity contribution in [1.29, 1.82) is 0 Å². The molecule has 9 nitrogen and oxygen atoms in total. The molecule has 0 aliphatic heterocycles. The molecule has 2 aliphatic carbocycles. The molecule has 0 unspecified atom stereocenters. The number of alkyl halides is 2. The number of carbonyl (C=O) groups excluding carboxylic acids is 1. The van der Waals surface area contributed by atoms with Crippen molar-refractivity contribution in [1.82, 2.24) is 14.8 Å². The Morgan fingerprint density at radius 2 is 1.91 bits per heavy atom. The maximum Gasteiger partial charge on any atom is 0.272 e. The van der Waals surface area contributed by atoms with Gasteiger partial charge in [0, 0.05) is 23.6 Å². The van der Waals surface area contributed by atoms with Crippen molar-refractivity contribution < 1.29 is 35.9 Å². The van der Waals surface area contributed by atoms with E-state index in [-0.39, 0.29) is 46.5 Å². The zero-order valence-electron chi connectivity index (χ0n) is 23.5. The van der Waals surface area contributed by atoms with Gasteiger partial charge < -0.3 is 15.2 Å². The zero-order chi connectivity index (χ0) is 31.2. The van der Waals surface area contributed by atoms with Crippen molar-refractivity contribution in [3.8, 4) is 23.1 Å². The highest BCUT2D eigenvalue weighted by molar-refractivity contribution is 7.91. The van der Waals surface area contributed by atoms with Crippen LogP contribution in [0.5, 0.6) is 17.4 Å². The molecule has 2 aromatic heterocycles. The topological polar surface area (TPSA) is 126 Å². The number of nitrogens with zero attached hydrogens (tertiary/aromatic N) is 3. The lowest BCUT2D eigenvalue weighted by Crippen LogP contribution is -2.13. The number of sulfone groups is 1. The molecular weight excluding hydrogens is 597 g/mol. The third-order valence-corrected chi connectivity index (χ3v) is 9.67. The predicted molar refractivity (Wildman–Crippen MR) is 157 cm³/mol. The molecule has 228 valence electrons. The molecule has 44 heavy (non-hydrogen) atoms. The Labute approximate surface area is 251 Å². The summed E-state index contributed by atoms with van der Waals surface area (Å²) < 4.78 is 77.4. The smallest absolute Gasteiger partial charge is 0.272 e. The summed E-state index contributed by atoms with van der Waals surface area (Å²) in [5.74, 6) is -0.952. The Morgan fingerprint density at radius 1 is 1.14 bits per heavy atom. The number of benzene rings is 2. The van der Waals surface area contributed by atoms with Gasteiger partial charge in [0.15, 0.2) is 27.2 Å². The summed E-state index contributed by atoms with van der Waals surface area (Å²) in [6.07, 6.45) is 3.02. The minimum absolute atomic E-state index is 0.0221. The first-order valence-electron chi connectivity index (χ1n) is 13.8. The van der Waals surface area contributed by atoms with Crippen molar-refractivity contribution in [3.63, 3.8) is 0 Å². The Morgan fingerprint density at radius 3 is 2.61 bits per heavy atom. The number of para-hydroxylation sites is 1. The fraction of sp³-hybridized carbons (Fsp3) is 0.258. The fourth-order valence-electron chi connectivity index (χ4n) is 5.07. The van der Waals surface area contributed by atoms with Crippen LogP contribution in [0.15, 0.2) is 60.4 Å². The minimum Gasteiger partial charge on any atom is -0.487 e. The van der Waals surface area contributed by atoms with Gasteiger partial charge in [-0.15, -0.1) is 0 Å². The van der Waals surface area contributed by atoms with Crippen LogP contribution in [0.2, 0.25) is 0 Å².